The molecule has 0 spiro atoms. The van der Waals surface area contributed by atoms with Gasteiger partial charge in [-0.25, -0.2) is 0 Å². The molecule has 13 heavy (non-hydrogen) atoms. The Balaban J connectivity index is 2.21. The van der Waals surface area contributed by atoms with Crippen LogP contribution in [0.15, 0.2) is 33.1 Å². The van der Waals surface area contributed by atoms with Gasteiger partial charge in [-0.1, -0.05) is 0 Å². The van der Waals surface area contributed by atoms with E-state index in [1.54, 1.807) is 18.6 Å². The summed E-state index contributed by atoms with van der Waals surface area (Å²) in [5.41, 5.74) is 0.857. The summed E-state index contributed by atoms with van der Waals surface area (Å²) in [5.74, 6) is 0.539. The number of ether oxygens (including phenoxy) is 1. The lowest BCUT2D eigenvalue weighted by atomic mass is 10.1. The normalized spacial score (nSPS) is 18.2. The van der Waals surface area contributed by atoms with Crippen molar-refractivity contribution in [2.45, 2.75) is 12.5 Å². The van der Waals surface area contributed by atoms with Crippen molar-refractivity contribution in [2.24, 2.45) is 0 Å². The molecule has 0 bridgehead atoms. The van der Waals surface area contributed by atoms with Gasteiger partial charge in [0.2, 0.25) is 0 Å². The van der Waals surface area contributed by atoms with Crippen LogP contribution in [-0.2, 0) is 4.74 Å². The average molecular weight is 245 g/mol. The van der Waals surface area contributed by atoms with Crippen LogP contribution in [-0.4, -0.2) is 11.7 Å². The summed E-state index contributed by atoms with van der Waals surface area (Å²) >= 11 is 3.29. The second kappa shape index (κ2) is 3.55. The van der Waals surface area contributed by atoms with Crippen LogP contribution < -0.4 is 0 Å². The molecular weight excluding hydrogens is 236 g/mol. The third-order valence-electron chi connectivity index (χ3n) is 1.99. The van der Waals surface area contributed by atoms with Gasteiger partial charge in [0, 0.05) is 12.0 Å². The Bertz CT molecular complexity index is 329. The highest BCUT2D eigenvalue weighted by Crippen LogP contribution is 2.32. The molecule has 2 heterocycles. The van der Waals surface area contributed by atoms with Gasteiger partial charge in [0.15, 0.2) is 5.76 Å². The molecule has 1 N–H and O–H groups in total. The molecule has 0 aliphatic carbocycles. The minimum Gasteiger partial charge on any atom is -0.501 e. The van der Waals surface area contributed by atoms with Crippen LogP contribution in [0.1, 0.15) is 18.3 Å². The highest BCUT2D eigenvalue weighted by molar-refractivity contribution is 9.10. The van der Waals surface area contributed by atoms with E-state index in [1.165, 1.54) is 0 Å². The number of aliphatic hydroxyl groups excluding tert-OH is 1. The molecule has 1 aromatic rings. The summed E-state index contributed by atoms with van der Waals surface area (Å²) in [4.78, 5) is 0. The van der Waals surface area contributed by atoms with Crippen LogP contribution in [0, 0.1) is 0 Å². The smallest absolute Gasteiger partial charge is 0.150 e. The Hall–Kier alpha value is -0.740. The van der Waals surface area contributed by atoms with Crippen molar-refractivity contribution in [3.63, 3.8) is 0 Å². The first-order valence-electron chi connectivity index (χ1n) is 4.00. The van der Waals surface area contributed by atoms with Crippen LogP contribution in [0.25, 0.3) is 0 Å². The van der Waals surface area contributed by atoms with E-state index in [0.717, 1.165) is 16.5 Å². The Kier molecular flexibility index (Phi) is 2.42. The van der Waals surface area contributed by atoms with Gasteiger partial charge >= 0.3 is 0 Å². The zero-order valence-corrected chi connectivity index (χ0v) is 8.45. The number of furan rings is 1. The molecule has 0 amide bonds. The fourth-order valence-electron chi connectivity index (χ4n) is 1.27. The fraction of sp³-hybridized carbons (Fsp3) is 0.333. The maximum absolute atomic E-state index is 9.82. The van der Waals surface area contributed by atoms with Gasteiger partial charge in [-0.05, 0) is 22.0 Å². The maximum atomic E-state index is 9.82. The molecule has 3 nitrogen and oxygen atoms in total. The van der Waals surface area contributed by atoms with Crippen molar-refractivity contribution in [1.29, 1.82) is 0 Å². The van der Waals surface area contributed by atoms with E-state index in [9.17, 15) is 5.11 Å². The van der Waals surface area contributed by atoms with Gasteiger partial charge in [0.1, 0.15) is 6.10 Å². The fourth-order valence-corrected chi connectivity index (χ4v) is 1.69. The SMILES string of the molecule is OC(C1=COCC1)c1occc1Br. The number of rotatable bonds is 2. The van der Waals surface area contributed by atoms with E-state index in [2.05, 4.69) is 15.9 Å². The third-order valence-corrected chi connectivity index (χ3v) is 2.64. The molecule has 1 aliphatic heterocycles. The van der Waals surface area contributed by atoms with E-state index in [0.29, 0.717) is 12.4 Å². The number of hydrogen-bond acceptors (Lipinski definition) is 3. The van der Waals surface area contributed by atoms with E-state index >= 15 is 0 Å². The molecule has 0 fully saturated rings. The highest BCUT2D eigenvalue weighted by Gasteiger charge is 2.21. The largest absolute Gasteiger partial charge is 0.501 e. The lowest BCUT2D eigenvalue weighted by molar-refractivity contribution is 0.182. The van der Waals surface area contributed by atoms with Crippen molar-refractivity contribution in [1.82, 2.24) is 0 Å². The first-order valence-corrected chi connectivity index (χ1v) is 4.80. The number of halogens is 1. The second-order valence-corrected chi connectivity index (χ2v) is 3.70. The van der Waals surface area contributed by atoms with Gasteiger partial charge in [0.05, 0.1) is 23.6 Å². The van der Waals surface area contributed by atoms with Crippen molar-refractivity contribution in [2.75, 3.05) is 6.61 Å². The minimum absolute atomic E-state index is 0.539. The van der Waals surface area contributed by atoms with Crippen LogP contribution >= 0.6 is 15.9 Å². The standard InChI is InChI=1S/C9H9BrO3/c10-7-2-4-13-9(7)8(11)6-1-3-12-5-6/h2,4-5,8,11H,1,3H2. The average Bonchev–Trinajstić information content (AvgIpc) is 2.72. The predicted molar refractivity (Wildman–Crippen MR) is 50.0 cm³/mol. The topological polar surface area (TPSA) is 42.6 Å². The zero-order chi connectivity index (χ0) is 9.26. The number of hydrogen-bond donors (Lipinski definition) is 1. The van der Waals surface area contributed by atoms with E-state index in [-0.39, 0.29) is 0 Å². The molecule has 4 heteroatoms. The summed E-state index contributed by atoms with van der Waals surface area (Å²) in [6.45, 7) is 0.644. The zero-order valence-electron chi connectivity index (χ0n) is 6.87. The molecule has 0 saturated carbocycles. The Morgan fingerprint density at radius 1 is 1.54 bits per heavy atom. The summed E-state index contributed by atoms with van der Waals surface area (Å²) in [7, 11) is 0. The molecule has 0 radical (unpaired) electrons. The molecule has 1 unspecified atom stereocenters. The Morgan fingerprint density at radius 2 is 2.38 bits per heavy atom. The molecule has 70 valence electrons. The lowest BCUT2D eigenvalue weighted by Gasteiger charge is -2.07. The molecule has 0 saturated heterocycles. The summed E-state index contributed by atoms with van der Waals surface area (Å²) < 4.78 is 11.0. The first kappa shape index (κ1) is 8.84. The predicted octanol–water partition coefficient (Wildman–Crippen LogP) is 2.38. The van der Waals surface area contributed by atoms with Crippen LogP contribution in [0.3, 0.4) is 0 Å². The maximum Gasteiger partial charge on any atom is 0.150 e. The van der Waals surface area contributed by atoms with Crippen molar-refractivity contribution < 1.29 is 14.3 Å². The van der Waals surface area contributed by atoms with Crippen molar-refractivity contribution in [3.05, 3.63) is 34.4 Å². The molecule has 0 aromatic carbocycles. The highest BCUT2D eigenvalue weighted by atomic mass is 79.9. The van der Waals surface area contributed by atoms with E-state index in [4.69, 9.17) is 9.15 Å². The van der Waals surface area contributed by atoms with Crippen LogP contribution in [0.4, 0.5) is 0 Å². The molecule has 1 aromatic heterocycles. The first-order chi connectivity index (χ1) is 6.29. The number of aliphatic hydroxyl groups is 1. The Morgan fingerprint density at radius 3 is 2.92 bits per heavy atom. The van der Waals surface area contributed by atoms with Gasteiger partial charge in [-0.15, -0.1) is 0 Å². The third kappa shape index (κ3) is 1.64. The molecule has 1 aliphatic rings. The molecular formula is C9H9BrO3. The quantitative estimate of drug-likeness (QED) is 0.869. The van der Waals surface area contributed by atoms with E-state index in [1.807, 2.05) is 0 Å². The van der Waals surface area contributed by atoms with Gasteiger partial charge in [-0.2, -0.15) is 0 Å². The molecule has 1 atom stereocenters. The van der Waals surface area contributed by atoms with Gasteiger partial charge in [0.25, 0.3) is 0 Å². The summed E-state index contributed by atoms with van der Waals surface area (Å²) in [6.07, 6.45) is 3.21. The summed E-state index contributed by atoms with van der Waals surface area (Å²) in [5, 5.41) is 9.82. The van der Waals surface area contributed by atoms with Gasteiger partial charge < -0.3 is 14.3 Å². The Labute approximate surface area is 84.1 Å². The van der Waals surface area contributed by atoms with E-state index < -0.39 is 6.10 Å². The minimum atomic E-state index is -0.688. The second-order valence-electron chi connectivity index (χ2n) is 2.85. The van der Waals surface area contributed by atoms with Crippen LogP contribution in [0.5, 0.6) is 0 Å². The monoisotopic (exact) mass is 244 g/mol. The van der Waals surface area contributed by atoms with Crippen LogP contribution in [0.2, 0.25) is 0 Å². The van der Waals surface area contributed by atoms with Gasteiger partial charge in [-0.3, -0.25) is 0 Å². The summed E-state index contributed by atoms with van der Waals surface area (Å²) in [6, 6.07) is 1.76. The molecule has 2 rings (SSSR count). The van der Waals surface area contributed by atoms with Crippen molar-refractivity contribution >= 4 is 15.9 Å². The van der Waals surface area contributed by atoms with Crippen molar-refractivity contribution in [3.8, 4) is 0 Å². The lowest BCUT2D eigenvalue weighted by Crippen LogP contribution is -1.99.